The van der Waals surface area contributed by atoms with E-state index in [1.54, 1.807) is 0 Å². The first kappa shape index (κ1) is 20.3. The van der Waals surface area contributed by atoms with Crippen molar-refractivity contribution in [3.05, 3.63) is 65.2 Å². The van der Waals surface area contributed by atoms with Crippen molar-refractivity contribution in [1.82, 2.24) is 4.90 Å². The zero-order valence-corrected chi connectivity index (χ0v) is 18.9. The lowest BCUT2D eigenvalue weighted by Crippen LogP contribution is -2.43. The van der Waals surface area contributed by atoms with Gasteiger partial charge < -0.3 is 9.64 Å². The number of alkyl halides is 1. The Balaban J connectivity index is 0.000000932. The summed E-state index contributed by atoms with van der Waals surface area (Å²) >= 11 is 2.94. The molecule has 3 aliphatic heterocycles. The maximum absolute atomic E-state index is 12.9. The van der Waals surface area contributed by atoms with E-state index < -0.39 is 10.8 Å². The van der Waals surface area contributed by atoms with Gasteiger partial charge in [0, 0.05) is 22.5 Å². The highest BCUT2D eigenvalue weighted by molar-refractivity contribution is 9.08. The van der Waals surface area contributed by atoms with Gasteiger partial charge in [0.1, 0.15) is 6.10 Å². The zero-order chi connectivity index (χ0) is 19.7. The molecule has 5 rings (SSSR count). The normalized spacial score (nSPS) is 31.2. The molecule has 0 amide bonds. The topological polar surface area (TPSA) is 29.5 Å². The van der Waals surface area contributed by atoms with E-state index in [0.717, 1.165) is 28.9 Å². The highest BCUT2D eigenvalue weighted by Gasteiger charge is 2.40. The Morgan fingerprint density at radius 1 is 0.964 bits per heavy atom. The lowest BCUT2D eigenvalue weighted by atomic mass is 9.95. The van der Waals surface area contributed by atoms with E-state index in [4.69, 9.17) is 4.74 Å². The molecule has 2 fully saturated rings. The summed E-state index contributed by atoms with van der Waals surface area (Å²) in [5, 5.41) is 0. The van der Waals surface area contributed by atoms with Gasteiger partial charge in [-0.15, -0.1) is 0 Å². The lowest BCUT2D eigenvalue weighted by Gasteiger charge is -2.38. The Morgan fingerprint density at radius 2 is 1.57 bits per heavy atom. The molecule has 3 nitrogen and oxygen atoms in total. The Labute approximate surface area is 179 Å². The van der Waals surface area contributed by atoms with Crippen molar-refractivity contribution < 1.29 is 8.95 Å². The number of hydrogen-bond acceptors (Lipinski definition) is 3. The van der Waals surface area contributed by atoms with Crippen molar-refractivity contribution in [2.24, 2.45) is 0 Å². The van der Waals surface area contributed by atoms with Crippen molar-refractivity contribution >= 4 is 26.7 Å². The minimum atomic E-state index is -1.02. The van der Waals surface area contributed by atoms with E-state index in [1.807, 2.05) is 30.1 Å². The standard InChI is InChI=1S/C22H25NO2S.CH3Br/c1-23-16-10-11-17(23)13-18(12-16)25-22-19-7-3-2-6-15(19)14-26(24)21-9-5-4-8-20(21)22;1-2/h2-9,16-18,22H,10-14H2,1H3;1H3. The molecule has 0 radical (unpaired) electrons. The average molecular weight is 462 g/mol. The predicted molar refractivity (Wildman–Crippen MR) is 118 cm³/mol. The van der Waals surface area contributed by atoms with Crippen LogP contribution in [0.2, 0.25) is 0 Å². The van der Waals surface area contributed by atoms with Gasteiger partial charge in [-0.3, -0.25) is 4.21 Å². The van der Waals surface area contributed by atoms with Crippen LogP contribution in [-0.4, -0.2) is 40.2 Å². The smallest absolute Gasteiger partial charge is 0.109 e. The van der Waals surface area contributed by atoms with Crippen molar-refractivity contribution in [3.63, 3.8) is 0 Å². The summed E-state index contributed by atoms with van der Waals surface area (Å²) in [6, 6.07) is 17.8. The fourth-order valence-corrected chi connectivity index (χ4v) is 6.39. The quantitative estimate of drug-likeness (QED) is 0.585. The number of halogens is 1. The van der Waals surface area contributed by atoms with Crippen LogP contribution in [0, 0.1) is 0 Å². The lowest BCUT2D eigenvalue weighted by molar-refractivity contribution is -0.0435. The molecule has 150 valence electrons. The fraction of sp³-hybridized carbons (Fsp3) is 0.478. The molecule has 2 saturated heterocycles. The van der Waals surface area contributed by atoms with E-state index in [9.17, 15) is 4.21 Å². The first-order chi connectivity index (χ1) is 13.7. The summed E-state index contributed by atoms with van der Waals surface area (Å²) in [4.78, 5) is 3.48. The van der Waals surface area contributed by atoms with Crippen molar-refractivity contribution in [2.75, 3.05) is 12.9 Å². The molecule has 4 unspecified atom stereocenters. The Hall–Kier alpha value is -1.01. The molecule has 2 aromatic rings. The van der Waals surface area contributed by atoms with Gasteiger partial charge in [-0.2, -0.15) is 0 Å². The second-order valence-electron chi connectivity index (χ2n) is 7.89. The van der Waals surface area contributed by atoms with Crippen LogP contribution in [0.4, 0.5) is 0 Å². The van der Waals surface area contributed by atoms with Gasteiger partial charge in [0.25, 0.3) is 0 Å². The minimum absolute atomic E-state index is 0.110. The van der Waals surface area contributed by atoms with Crippen LogP contribution in [-0.2, 0) is 21.3 Å². The molecule has 0 aliphatic carbocycles. The van der Waals surface area contributed by atoms with Crippen LogP contribution in [0.25, 0.3) is 0 Å². The molecule has 2 aromatic carbocycles. The van der Waals surface area contributed by atoms with Crippen LogP contribution < -0.4 is 0 Å². The first-order valence-electron chi connectivity index (χ1n) is 10.0. The Morgan fingerprint density at radius 3 is 2.29 bits per heavy atom. The van der Waals surface area contributed by atoms with Crippen LogP contribution in [0.5, 0.6) is 0 Å². The number of benzene rings is 2. The zero-order valence-electron chi connectivity index (χ0n) is 16.5. The maximum atomic E-state index is 12.9. The van der Waals surface area contributed by atoms with Gasteiger partial charge in [-0.1, -0.05) is 58.4 Å². The van der Waals surface area contributed by atoms with E-state index in [0.29, 0.717) is 17.8 Å². The van der Waals surface area contributed by atoms with Crippen molar-refractivity contribution in [2.45, 2.75) is 60.6 Å². The summed E-state index contributed by atoms with van der Waals surface area (Å²) < 4.78 is 19.7. The molecule has 28 heavy (non-hydrogen) atoms. The van der Waals surface area contributed by atoms with Crippen molar-refractivity contribution in [1.29, 1.82) is 0 Å². The van der Waals surface area contributed by atoms with Crippen LogP contribution in [0.3, 0.4) is 0 Å². The fourth-order valence-electron chi connectivity index (χ4n) is 5.02. The third-order valence-corrected chi connectivity index (χ3v) is 7.89. The highest BCUT2D eigenvalue weighted by atomic mass is 79.9. The predicted octanol–water partition coefficient (Wildman–Crippen LogP) is 5.05. The van der Waals surface area contributed by atoms with Gasteiger partial charge in [-0.05, 0) is 55.8 Å². The van der Waals surface area contributed by atoms with E-state index in [1.165, 1.54) is 18.4 Å². The number of ether oxygens (including phenoxy) is 1. The first-order valence-corrected chi connectivity index (χ1v) is 12.9. The van der Waals surface area contributed by atoms with Gasteiger partial charge in [0.05, 0.1) is 22.7 Å². The average Bonchev–Trinajstić information content (AvgIpc) is 2.90. The maximum Gasteiger partial charge on any atom is 0.109 e. The monoisotopic (exact) mass is 461 g/mol. The molecule has 0 saturated carbocycles. The van der Waals surface area contributed by atoms with E-state index in [-0.39, 0.29) is 12.2 Å². The molecule has 3 heterocycles. The largest absolute Gasteiger partial charge is 0.365 e. The Bertz CT molecular complexity index is 844. The van der Waals surface area contributed by atoms with Gasteiger partial charge in [-0.25, -0.2) is 0 Å². The Kier molecular flexibility index (Phi) is 6.36. The van der Waals surface area contributed by atoms with Crippen LogP contribution >= 0.6 is 15.9 Å². The number of rotatable bonds is 2. The summed E-state index contributed by atoms with van der Waals surface area (Å²) in [7, 11) is 1.25. The molecule has 0 N–H and O–H groups in total. The second kappa shape index (κ2) is 8.78. The number of piperidine rings is 1. The molecular weight excluding hydrogens is 434 g/mol. The third-order valence-electron chi connectivity index (χ3n) is 6.45. The van der Waals surface area contributed by atoms with Gasteiger partial charge in [0.2, 0.25) is 0 Å². The summed E-state index contributed by atoms with van der Waals surface area (Å²) in [5.74, 6) is 2.39. The molecule has 0 aromatic heterocycles. The minimum Gasteiger partial charge on any atom is -0.365 e. The van der Waals surface area contributed by atoms with Crippen LogP contribution in [0.15, 0.2) is 53.4 Å². The van der Waals surface area contributed by atoms with E-state index >= 15 is 0 Å². The van der Waals surface area contributed by atoms with Crippen molar-refractivity contribution in [3.8, 4) is 0 Å². The highest BCUT2D eigenvalue weighted by Crippen LogP contribution is 2.42. The van der Waals surface area contributed by atoms with Gasteiger partial charge in [0.15, 0.2) is 0 Å². The number of fused-ring (bicyclic) bond motifs is 4. The SMILES string of the molecule is CBr.CN1C2CCC1CC(OC1c3ccccc3CS(=O)c3ccccc31)C2. The molecule has 4 atom stereocenters. The third kappa shape index (κ3) is 3.74. The molecular formula is C23H28BrNO2S. The summed E-state index contributed by atoms with van der Waals surface area (Å²) in [6.45, 7) is 0. The number of nitrogens with zero attached hydrogens (tertiary/aromatic N) is 1. The summed E-state index contributed by atoms with van der Waals surface area (Å²) in [5.41, 5.74) is 3.43. The van der Waals surface area contributed by atoms with Crippen LogP contribution in [0.1, 0.15) is 48.5 Å². The second-order valence-corrected chi connectivity index (χ2v) is 9.31. The summed E-state index contributed by atoms with van der Waals surface area (Å²) in [6.07, 6.45) is 4.97. The molecule has 3 aliphatic rings. The molecule has 5 heteroatoms. The van der Waals surface area contributed by atoms with Gasteiger partial charge >= 0.3 is 0 Å². The van der Waals surface area contributed by atoms with E-state index in [2.05, 4.69) is 52.1 Å². The molecule has 2 bridgehead atoms. The number of hydrogen-bond donors (Lipinski definition) is 0. The molecule has 0 spiro atoms.